The molecule has 1 nitrogen and oxygen atoms in total. The Bertz CT molecular complexity index is 99.4. The van der Waals surface area contributed by atoms with Crippen molar-refractivity contribution in [3.63, 3.8) is 0 Å². The molecule has 0 fully saturated rings. The first-order valence-electron chi connectivity index (χ1n) is 6.42. The summed E-state index contributed by atoms with van der Waals surface area (Å²) in [4.78, 5) is 2.28. The molecule has 0 bridgehead atoms. The second-order valence-electron chi connectivity index (χ2n) is 4.63. The molecule has 0 aliphatic rings. The van der Waals surface area contributed by atoms with Crippen LogP contribution < -0.4 is 4.90 Å². The monoisotopic (exact) mass is 199 g/mol. The molecule has 0 aromatic carbocycles. The van der Waals surface area contributed by atoms with Crippen molar-refractivity contribution in [3.05, 3.63) is 0 Å². The van der Waals surface area contributed by atoms with Crippen molar-refractivity contribution >= 4 is 0 Å². The van der Waals surface area contributed by atoms with Gasteiger partial charge in [-0.25, -0.2) is 0 Å². The first kappa shape index (κ1) is 14.0. The van der Waals surface area contributed by atoms with Crippen LogP contribution in [0.2, 0.25) is 0 Å². The highest BCUT2D eigenvalue weighted by molar-refractivity contribution is 4.51. The zero-order valence-corrected chi connectivity index (χ0v) is 10.5. The fourth-order valence-electron chi connectivity index (χ4n) is 1.74. The summed E-state index contributed by atoms with van der Waals surface area (Å²) in [6.07, 6.45) is 12.9. The van der Waals surface area contributed by atoms with Crippen LogP contribution in [0.1, 0.15) is 64.7 Å². The summed E-state index contributed by atoms with van der Waals surface area (Å²) in [5.41, 5.74) is 0. The van der Waals surface area contributed by atoms with Crippen molar-refractivity contribution in [2.45, 2.75) is 64.7 Å². The first-order valence-corrected chi connectivity index (χ1v) is 6.42. The summed E-state index contributed by atoms with van der Waals surface area (Å²) in [7, 11) is 4.31. The van der Waals surface area contributed by atoms with E-state index in [0.29, 0.717) is 0 Å². The van der Waals surface area contributed by atoms with Gasteiger partial charge in [-0.1, -0.05) is 51.9 Å². The highest BCUT2D eigenvalue weighted by Gasteiger charge is 1.97. The smallest absolute Gasteiger partial charge is 0.122 e. The highest BCUT2D eigenvalue weighted by Crippen LogP contribution is 2.09. The minimum Gasteiger partial charge on any atom is -0.175 e. The van der Waals surface area contributed by atoms with Crippen molar-refractivity contribution in [2.75, 3.05) is 20.6 Å². The standard InChI is InChI=1S/C13H29N/c1-4-5-6-7-8-9-10-11-12-13-14(2)3/h4-13H2,1-3H3/q+1. The Labute approximate surface area is 90.9 Å². The number of unbranched alkanes of at least 4 members (excludes halogenated alkanes) is 8. The van der Waals surface area contributed by atoms with Crippen molar-refractivity contribution in [3.8, 4) is 0 Å². The normalized spacial score (nSPS) is 11.1. The average molecular weight is 199 g/mol. The molecule has 0 N–H and O–H groups in total. The molecule has 85 valence electrons. The molecule has 0 aliphatic heterocycles. The molecule has 0 amide bonds. The lowest BCUT2D eigenvalue weighted by Gasteiger charge is -2.02. The van der Waals surface area contributed by atoms with Crippen molar-refractivity contribution in [1.29, 1.82) is 0 Å². The molecule has 1 heteroatoms. The Balaban J connectivity index is 2.85. The SMILES string of the molecule is CCCCCCCCCCC[N+](C)C. The van der Waals surface area contributed by atoms with E-state index in [9.17, 15) is 0 Å². The van der Waals surface area contributed by atoms with Gasteiger partial charge in [0.1, 0.15) is 20.6 Å². The maximum absolute atomic E-state index is 2.28. The largest absolute Gasteiger partial charge is 0.175 e. The maximum atomic E-state index is 2.28. The molecule has 0 unspecified atom stereocenters. The van der Waals surface area contributed by atoms with E-state index < -0.39 is 0 Å². The molecule has 0 aliphatic carbocycles. The number of nitrogens with zero attached hydrogens (tertiary/aromatic N) is 1. The average Bonchev–Trinajstić information content (AvgIpc) is 2.15. The summed E-state index contributed by atoms with van der Waals surface area (Å²) in [6, 6.07) is 0. The number of rotatable bonds is 10. The summed E-state index contributed by atoms with van der Waals surface area (Å²) in [5.74, 6) is 0. The number of hydrogen-bond donors (Lipinski definition) is 0. The summed E-state index contributed by atoms with van der Waals surface area (Å²) >= 11 is 0. The van der Waals surface area contributed by atoms with Gasteiger partial charge in [0.05, 0.1) is 0 Å². The van der Waals surface area contributed by atoms with Crippen LogP contribution >= 0.6 is 0 Å². The fourth-order valence-corrected chi connectivity index (χ4v) is 1.74. The van der Waals surface area contributed by atoms with E-state index in [-0.39, 0.29) is 0 Å². The number of hydrogen-bond acceptors (Lipinski definition) is 1. The van der Waals surface area contributed by atoms with Gasteiger partial charge in [-0.3, -0.25) is 0 Å². The molecule has 14 heavy (non-hydrogen) atoms. The van der Waals surface area contributed by atoms with Crippen LogP contribution in [0.5, 0.6) is 0 Å². The second kappa shape index (κ2) is 11.0. The predicted octanol–water partition coefficient (Wildman–Crippen LogP) is 3.92. The molecule has 0 aromatic rings. The third kappa shape index (κ3) is 12.0. The Morgan fingerprint density at radius 3 is 1.50 bits per heavy atom. The topological polar surface area (TPSA) is 5.90 Å². The van der Waals surface area contributed by atoms with Gasteiger partial charge in [-0.2, -0.15) is 4.90 Å². The lowest BCUT2D eigenvalue weighted by atomic mass is 10.1. The summed E-state index contributed by atoms with van der Waals surface area (Å²) < 4.78 is 0. The molecule has 0 spiro atoms. The Kier molecular flexibility index (Phi) is 11.0. The molecule has 0 saturated heterocycles. The van der Waals surface area contributed by atoms with Crippen LogP contribution in [0.4, 0.5) is 0 Å². The summed E-state index contributed by atoms with van der Waals surface area (Å²) in [6.45, 7) is 3.54. The van der Waals surface area contributed by atoms with Crippen LogP contribution in [0.15, 0.2) is 0 Å². The third-order valence-corrected chi connectivity index (χ3v) is 2.71. The van der Waals surface area contributed by atoms with Gasteiger partial charge in [0.25, 0.3) is 0 Å². The van der Waals surface area contributed by atoms with E-state index in [1.54, 1.807) is 0 Å². The Morgan fingerprint density at radius 2 is 1.07 bits per heavy atom. The van der Waals surface area contributed by atoms with Gasteiger partial charge < -0.3 is 0 Å². The van der Waals surface area contributed by atoms with Gasteiger partial charge in [-0.15, -0.1) is 0 Å². The van der Waals surface area contributed by atoms with Gasteiger partial charge >= 0.3 is 0 Å². The van der Waals surface area contributed by atoms with E-state index in [1.807, 2.05) is 0 Å². The predicted molar refractivity (Wildman–Crippen MR) is 66.1 cm³/mol. The lowest BCUT2D eigenvalue weighted by molar-refractivity contribution is 0.503. The van der Waals surface area contributed by atoms with Gasteiger partial charge in [0, 0.05) is 6.42 Å². The molecular weight excluding hydrogens is 170 g/mol. The maximum Gasteiger partial charge on any atom is 0.122 e. The molecule has 0 heterocycles. The Hall–Kier alpha value is -0.0400. The molecule has 0 aromatic heterocycles. The van der Waals surface area contributed by atoms with Crippen molar-refractivity contribution in [1.82, 2.24) is 4.90 Å². The van der Waals surface area contributed by atoms with Gasteiger partial charge in [0.15, 0.2) is 0 Å². The third-order valence-electron chi connectivity index (χ3n) is 2.71. The lowest BCUT2D eigenvalue weighted by Crippen LogP contribution is -2.19. The zero-order valence-electron chi connectivity index (χ0n) is 10.5. The minimum absolute atomic E-state index is 1.26. The molecule has 1 radical (unpaired) electrons. The van der Waals surface area contributed by atoms with E-state index in [0.717, 1.165) is 0 Å². The van der Waals surface area contributed by atoms with Crippen molar-refractivity contribution in [2.24, 2.45) is 0 Å². The van der Waals surface area contributed by atoms with E-state index in [1.165, 1.54) is 64.3 Å². The van der Waals surface area contributed by atoms with Crippen molar-refractivity contribution < 1.29 is 0 Å². The van der Waals surface area contributed by atoms with Crippen LogP contribution in [-0.4, -0.2) is 20.6 Å². The molecule has 0 rings (SSSR count). The van der Waals surface area contributed by atoms with Crippen LogP contribution in [0.3, 0.4) is 0 Å². The Morgan fingerprint density at radius 1 is 0.643 bits per heavy atom. The van der Waals surface area contributed by atoms with E-state index in [4.69, 9.17) is 0 Å². The van der Waals surface area contributed by atoms with Crippen LogP contribution in [-0.2, 0) is 0 Å². The zero-order chi connectivity index (χ0) is 10.6. The van der Waals surface area contributed by atoms with Crippen LogP contribution in [0.25, 0.3) is 0 Å². The molecule has 0 atom stereocenters. The fraction of sp³-hybridized carbons (Fsp3) is 1.00. The second-order valence-corrected chi connectivity index (χ2v) is 4.63. The van der Waals surface area contributed by atoms with Gasteiger partial charge in [0.2, 0.25) is 0 Å². The van der Waals surface area contributed by atoms with Gasteiger partial charge in [-0.05, 0) is 6.42 Å². The van der Waals surface area contributed by atoms with E-state index in [2.05, 4.69) is 25.9 Å². The molecular formula is C13H29N+. The minimum atomic E-state index is 1.26. The quantitative estimate of drug-likeness (QED) is 0.371. The summed E-state index contributed by atoms with van der Waals surface area (Å²) in [5, 5.41) is 0. The highest BCUT2D eigenvalue weighted by atomic mass is 15.0. The van der Waals surface area contributed by atoms with Crippen LogP contribution in [0, 0.1) is 0 Å². The molecule has 0 saturated carbocycles. The van der Waals surface area contributed by atoms with E-state index >= 15 is 0 Å². The first-order chi connectivity index (χ1) is 6.77.